The molecule has 0 radical (unpaired) electrons. The molecule has 16 heteroatoms. The third-order valence-electron chi connectivity index (χ3n) is 8.24. The van der Waals surface area contributed by atoms with E-state index in [9.17, 15) is 35.9 Å². The second-order valence-corrected chi connectivity index (χ2v) is 12.0. The molecule has 0 spiro atoms. The number of hydrogen-bond acceptors (Lipinski definition) is 7. The van der Waals surface area contributed by atoms with Crippen molar-refractivity contribution in [2.24, 2.45) is 0 Å². The zero-order valence-corrected chi connectivity index (χ0v) is 27.4. The first-order chi connectivity index (χ1) is 24.8. The SMILES string of the molecule is O=C(Nc1ccc(C(F)(F)F)cc1)c1ccc(Cn2nnc(C(=O)N3CCN(Cc4ccc(OCC(F)(F)F)cc4)CC3)c2-c2ccccc2)cn1. The molecule has 1 aliphatic heterocycles. The van der Waals surface area contributed by atoms with E-state index < -0.39 is 30.4 Å². The number of hydrogen-bond donors (Lipinski definition) is 1. The van der Waals surface area contributed by atoms with Crippen molar-refractivity contribution < 1.29 is 40.7 Å². The van der Waals surface area contributed by atoms with Gasteiger partial charge in [-0.1, -0.05) is 53.7 Å². The summed E-state index contributed by atoms with van der Waals surface area (Å²) >= 11 is 0. The fourth-order valence-electron chi connectivity index (χ4n) is 5.59. The van der Waals surface area contributed by atoms with E-state index in [0.717, 1.165) is 35.4 Å². The maximum Gasteiger partial charge on any atom is 0.422 e. The molecule has 10 nitrogen and oxygen atoms in total. The first-order valence-electron chi connectivity index (χ1n) is 16.0. The molecule has 1 aliphatic rings. The summed E-state index contributed by atoms with van der Waals surface area (Å²) in [6.07, 6.45) is -7.43. The van der Waals surface area contributed by atoms with Crippen molar-refractivity contribution in [1.29, 1.82) is 0 Å². The fourth-order valence-corrected chi connectivity index (χ4v) is 5.59. The lowest BCUT2D eigenvalue weighted by atomic mass is 10.1. The summed E-state index contributed by atoms with van der Waals surface area (Å²) in [6, 6.07) is 22.9. The molecule has 1 fully saturated rings. The summed E-state index contributed by atoms with van der Waals surface area (Å²) < 4.78 is 82.3. The third kappa shape index (κ3) is 9.11. The van der Waals surface area contributed by atoms with E-state index in [1.807, 2.05) is 30.3 Å². The third-order valence-corrected chi connectivity index (χ3v) is 8.24. The number of piperazine rings is 1. The predicted molar refractivity (Wildman–Crippen MR) is 177 cm³/mol. The molecule has 2 aromatic heterocycles. The van der Waals surface area contributed by atoms with Crippen LogP contribution in [-0.2, 0) is 19.3 Å². The van der Waals surface area contributed by atoms with E-state index in [4.69, 9.17) is 4.74 Å². The summed E-state index contributed by atoms with van der Waals surface area (Å²) in [7, 11) is 0. The van der Waals surface area contributed by atoms with Gasteiger partial charge in [0.2, 0.25) is 0 Å². The van der Waals surface area contributed by atoms with Crippen molar-refractivity contribution in [1.82, 2.24) is 29.8 Å². The average molecular weight is 724 g/mol. The molecule has 6 rings (SSSR count). The van der Waals surface area contributed by atoms with Crippen LogP contribution in [0.5, 0.6) is 5.75 Å². The van der Waals surface area contributed by atoms with E-state index in [1.54, 1.807) is 27.8 Å². The number of rotatable bonds is 10. The van der Waals surface area contributed by atoms with Crippen LogP contribution >= 0.6 is 0 Å². The highest BCUT2D eigenvalue weighted by molar-refractivity contribution is 6.02. The van der Waals surface area contributed by atoms with E-state index in [0.29, 0.717) is 44.0 Å². The first kappa shape index (κ1) is 36.0. The van der Waals surface area contributed by atoms with Crippen molar-refractivity contribution in [2.75, 3.05) is 38.1 Å². The van der Waals surface area contributed by atoms with E-state index in [1.165, 1.54) is 24.4 Å². The largest absolute Gasteiger partial charge is 0.484 e. The molecule has 0 atom stereocenters. The second kappa shape index (κ2) is 15.2. The van der Waals surface area contributed by atoms with Crippen molar-refractivity contribution in [3.05, 3.63) is 125 Å². The molecule has 270 valence electrons. The van der Waals surface area contributed by atoms with Crippen molar-refractivity contribution >= 4 is 17.5 Å². The summed E-state index contributed by atoms with van der Waals surface area (Å²) in [5.74, 6) is -0.754. The van der Waals surface area contributed by atoms with Gasteiger partial charge in [0.25, 0.3) is 11.8 Å². The van der Waals surface area contributed by atoms with Crippen molar-refractivity contribution in [2.45, 2.75) is 25.4 Å². The molecule has 0 saturated carbocycles. The highest BCUT2D eigenvalue weighted by atomic mass is 19.4. The summed E-state index contributed by atoms with van der Waals surface area (Å²) in [6.45, 7) is 1.35. The van der Waals surface area contributed by atoms with Gasteiger partial charge in [-0.25, -0.2) is 4.68 Å². The lowest BCUT2D eigenvalue weighted by Crippen LogP contribution is -2.48. The highest BCUT2D eigenvalue weighted by Crippen LogP contribution is 2.30. The van der Waals surface area contributed by atoms with Gasteiger partial charge < -0.3 is 15.0 Å². The van der Waals surface area contributed by atoms with Crippen LogP contribution in [-0.4, -0.2) is 80.6 Å². The molecule has 0 bridgehead atoms. The Morgan fingerprint density at radius 1 is 0.769 bits per heavy atom. The predicted octanol–water partition coefficient (Wildman–Crippen LogP) is 6.56. The Labute approximate surface area is 293 Å². The minimum Gasteiger partial charge on any atom is -0.484 e. The highest BCUT2D eigenvalue weighted by Gasteiger charge is 2.31. The molecular weight excluding hydrogens is 692 g/mol. The van der Waals surface area contributed by atoms with Gasteiger partial charge >= 0.3 is 12.4 Å². The molecule has 3 heterocycles. The number of carbonyl (C=O) groups is 2. The smallest absolute Gasteiger partial charge is 0.422 e. The maximum absolute atomic E-state index is 13.8. The van der Waals surface area contributed by atoms with Crippen LogP contribution in [0.2, 0.25) is 0 Å². The minimum atomic E-state index is -4.49. The van der Waals surface area contributed by atoms with Gasteiger partial charge in [0.05, 0.1) is 12.1 Å². The summed E-state index contributed by atoms with van der Waals surface area (Å²) in [5.41, 5.74) is 2.36. The van der Waals surface area contributed by atoms with Crippen LogP contribution in [0.15, 0.2) is 97.2 Å². The maximum atomic E-state index is 13.8. The van der Waals surface area contributed by atoms with Gasteiger partial charge in [-0.2, -0.15) is 26.3 Å². The quantitative estimate of drug-likeness (QED) is 0.163. The molecule has 3 aromatic carbocycles. The molecule has 52 heavy (non-hydrogen) atoms. The molecule has 0 unspecified atom stereocenters. The van der Waals surface area contributed by atoms with Gasteiger partial charge in [0.1, 0.15) is 17.1 Å². The van der Waals surface area contributed by atoms with E-state index in [-0.39, 0.29) is 35.3 Å². The van der Waals surface area contributed by atoms with Gasteiger partial charge in [-0.15, -0.1) is 5.10 Å². The standard InChI is InChI=1S/C36H31F6N7O3/c37-35(38,39)23-52-29-13-6-24(7-14-29)21-47-16-18-48(19-17-47)34(51)31-32(26-4-2-1-3-5-26)49(46-45-31)22-25-8-15-30(43-20-25)33(50)44-28-11-9-27(10-12-28)36(40,41)42/h1-15,20H,16-19,21-23H2,(H,44,50). The lowest BCUT2D eigenvalue weighted by Gasteiger charge is -2.34. The number of ether oxygens (including phenoxy) is 1. The monoisotopic (exact) mass is 723 g/mol. The Bertz CT molecular complexity index is 1980. The van der Waals surface area contributed by atoms with Gasteiger partial charge in [0.15, 0.2) is 12.3 Å². The number of benzene rings is 3. The molecule has 1 N–H and O–H groups in total. The Kier molecular flexibility index (Phi) is 10.6. The van der Waals surface area contributed by atoms with Crippen LogP contribution in [0, 0.1) is 0 Å². The number of aromatic nitrogens is 4. The fraction of sp³-hybridized carbons (Fsp3) is 0.250. The Morgan fingerprint density at radius 3 is 2.06 bits per heavy atom. The second-order valence-electron chi connectivity index (χ2n) is 12.0. The van der Waals surface area contributed by atoms with E-state index in [2.05, 4.69) is 25.5 Å². The molecule has 5 aromatic rings. The molecular formula is C36H31F6N7O3. The number of amides is 2. The van der Waals surface area contributed by atoms with Crippen LogP contribution in [0.3, 0.4) is 0 Å². The van der Waals surface area contributed by atoms with Crippen LogP contribution in [0.25, 0.3) is 11.3 Å². The van der Waals surface area contributed by atoms with E-state index >= 15 is 0 Å². The van der Waals surface area contributed by atoms with Crippen molar-refractivity contribution in [3.63, 3.8) is 0 Å². The molecule has 1 saturated heterocycles. The number of halogens is 6. The zero-order valence-electron chi connectivity index (χ0n) is 27.4. The first-order valence-corrected chi connectivity index (χ1v) is 16.0. The van der Waals surface area contributed by atoms with Crippen molar-refractivity contribution in [3.8, 4) is 17.0 Å². The van der Waals surface area contributed by atoms with Gasteiger partial charge in [-0.05, 0) is 53.6 Å². The zero-order chi connectivity index (χ0) is 36.9. The number of carbonyl (C=O) groups excluding carboxylic acids is 2. The minimum absolute atomic E-state index is 0.0486. The summed E-state index contributed by atoms with van der Waals surface area (Å²) in [5, 5.41) is 11.1. The number of pyridine rings is 1. The molecule has 0 aliphatic carbocycles. The number of nitrogens with zero attached hydrogens (tertiary/aromatic N) is 6. The summed E-state index contributed by atoms with van der Waals surface area (Å²) in [4.78, 5) is 34.6. The average Bonchev–Trinajstić information content (AvgIpc) is 3.55. The number of nitrogens with one attached hydrogen (secondary N) is 1. The normalized spacial score (nSPS) is 13.9. The van der Waals surface area contributed by atoms with Crippen LogP contribution < -0.4 is 10.1 Å². The number of anilines is 1. The van der Waals surface area contributed by atoms with Gasteiger partial charge in [0, 0.05) is 50.2 Å². The lowest BCUT2D eigenvalue weighted by molar-refractivity contribution is -0.153. The van der Waals surface area contributed by atoms with Crippen LogP contribution in [0.4, 0.5) is 32.0 Å². The Morgan fingerprint density at radius 2 is 1.44 bits per heavy atom. The van der Waals surface area contributed by atoms with Crippen LogP contribution in [0.1, 0.15) is 37.7 Å². The Balaban J connectivity index is 1.09. The number of alkyl halides is 6. The molecule has 2 amide bonds. The van der Waals surface area contributed by atoms with Gasteiger partial charge in [-0.3, -0.25) is 19.5 Å². The topological polar surface area (TPSA) is 105 Å². The Hall–Kier alpha value is -5.77.